The van der Waals surface area contributed by atoms with Crippen molar-refractivity contribution in [2.24, 2.45) is 11.8 Å². The monoisotopic (exact) mass is 383 g/mol. The summed E-state index contributed by atoms with van der Waals surface area (Å²) in [5.74, 6) is 2.31. The summed E-state index contributed by atoms with van der Waals surface area (Å²) in [5.41, 5.74) is 0.576. The first-order chi connectivity index (χ1) is 13.7. The lowest BCUT2D eigenvalue weighted by molar-refractivity contribution is -0.149. The number of nitrogens with zero attached hydrogens (tertiary/aromatic N) is 4. The molecule has 0 radical (unpaired) electrons. The molecular formula is C21H29N5O2. The molecule has 28 heavy (non-hydrogen) atoms. The van der Waals surface area contributed by atoms with E-state index in [1.807, 2.05) is 4.90 Å². The van der Waals surface area contributed by atoms with Gasteiger partial charge in [-0.25, -0.2) is 4.98 Å². The number of carbonyl (C=O) groups excluding carboxylic acids is 1. The van der Waals surface area contributed by atoms with E-state index in [-0.39, 0.29) is 18.6 Å². The molecule has 1 aromatic heterocycles. The van der Waals surface area contributed by atoms with Crippen LogP contribution in [0.25, 0.3) is 0 Å². The molecule has 0 spiro atoms. The van der Waals surface area contributed by atoms with E-state index < -0.39 is 0 Å². The summed E-state index contributed by atoms with van der Waals surface area (Å²) in [5, 5.41) is 12.2. The second kappa shape index (κ2) is 8.89. The Morgan fingerprint density at radius 2 is 2.00 bits per heavy atom. The molecular weight excluding hydrogens is 354 g/mol. The molecule has 3 fully saturated rings. The standard InChI is InChI=1S/C21H29N5O2/c22-10-18-3-6-23-20(9-18)24-11-19-14-26(21(27)15-28-19)13-17-4-7-25(8-5-17)12-16-1-2-16/h3,6,9,16-17,19H,1-2,4-5,7-8,11-15H2,(H,23,24)/t19-/m1/s1. The molecule has 7 nitrogen and oxygen atoms in total. The molecule has 2 saturated heterocycles. The second-order valence-corrected chi connectivity index (χ2v) is 8.34. The quantitative estimate of drug-likeness (QED) is 0.772. The maximum Gasteiger partial charge on any atom is 0.248 e. The van der Waals surface area contributed by atoms with Crippen LogP contribution < -0.4 is 5.32 Å². The Morgan fingerprint density at radius 3 is 2.75 bits per heavy atom. The van der Waals surface area contributed by atoms with Crippen LogP contribution in [0.3, 0.4) is 0 Å². The van der Waals surface area contributed by atoms with Crippen molar-refractivity contribution in [1.82, 2.24) is 14.8 Å². The third kappa shape index (κ3) is 5.21. The highest BCUT2D eigenvalue weighted by Crippen LogP contribution is 2.31. The van der Waals surface area contributed by atoms with E-state index >= 15 is 0 Å². The number of hydrogen-bond donors (Lipinski definition) is 1. The summed E-state index contributed by atoms with van der Waals surface area (Å²) in [7, 11) is 0. The number of pyridine rings is 1. The highest BCUT2D eigenvalue weighted by Gasteiger charge is 2.31. The van der Waals surface area contributed by atoms with Crippen LogP contribution in [0.15, 0.2) is 18.3 Å². The normalized spacial score (nSPS) is 24.2. The van der Waals surface area contributed by atoms with Crippen molar-refractivity contribution in [3.05, 3.63) is 23.9 Å². The molecule has 0 unspecified atom stereocenters. The molecule has 150 valence electrons. The van der Waals surface area contributed by atoms with E-state index in [2.05, 4.69) is 21.3 Å². The summed E-state index contributed by atoms with van der Waals surface area (Å²) in [6.07, 6.45) is 6.76. The first-order valence-corrected chi connectivity index (χ1v) is 10.4. The van der Waals surface area contributed by atoms with Crippen molar-refractivity contribution < 1.29 is 9.53 Å². The molecule has 3 aliphatic rings. The van der Waals surface area contributed by atoms with Crippen LogP contribution in [0, 0.1) is 23.2 Å². The summed E-state index contributed by atoms with van der Waals surface area (Å²) in [4.78, 5) is 21.1. The number of rotatable bonds is 7. The van der Waals surface area contributed by atoms with E-state index in [9.17, 15) is 4.79 Å². The number of piperidine rings is 1. The van der Waals surface area contributed by atoms with Gasteiger partial charge in [-0.1, -0.05) is 0 Å². The topological polar surface area (TPSA) is 81.5 Å². The van der Waals surface area contributed by atoms with Crippen molar-refractivity contribution in [2.45, 2.75) is 31.8 Å². The van der Waals surface area contributed by atoms with Gasteiger partial charge in [0.15, 0.2) is 0 Å². The minimum atomic E-state index is -0.0554. The van der Waals surface area contributed by atoms with Crippen molar-refractivity contribution in [2.75, 3.05) is 51.2 Å². The fraction of sp³-hybridized carbons (Fsp3) is 0.667. The van der Waals surface area contributed by atoms with Crippen LogP contribution in [0.4, 0.5) is 5.82 Å². The lowest BCUT2D eigenvalue weighted by Crippen LogP contribution is -2.51. The van der Waals surface area contributed by atoms with Crippen LogP contribution in [0.5, 0.6) is 0 Å². The number of likely N-dealkylation sites (tertiary alicyclic amines) is 1. The number of ether oxygens (including phenoxy) is 1. The Balaban J connectivity index is 1.23. The van der Waals surface area contributed by atoms with Gasteiger partial charge in [0.05, 0.1) is 17.7 Å². The van der Waals surface area contributed by atoms with Crippen LogP contribution in [0.2, 0.25) is 0 Å². The Morgan fingerprint density at radius 1 is 1.21 bits per heavy atom. The molecule has 3 heterocycles. The molecule has 2 aliphatic heterocycles. The minimum Gasteiger partial charge on any atom is -0.367 e. The van der Waals surface area contributed by atoms with E-state index in [1.165, 1.54) is 45.3 Å². The number of morpholine rings is 1. The van der Waals surface area contributed by atoms with E-state index in [4.69, 9.17) is 10.00 Å². The highest BCUT2D eigenvalue weighted by molar-refractivity contribution is 5.78. The largest absolute Gasteiger partial charge is 0.367 e. The van der Waals surface area contributed by atoms with Crippen molar-refractivity contribution in [3.63, 3.8) is 0 Å². The molecule has 1 saturated carbocycles. The zero-order valence-corrected chi connectivity index (χ0v) is 16.3. The van der Waals surface area contributed by atoms with Crippen molar-refractivity contribution >= 4 is 11.7 Å². The molecule has 7 heteroatoms. The van der Waals surface area contributed by atoms with Gasteiger partial charge < -0.3 is 19.9 Å². The number of aromatic nitrogens is 1. The van der Waals surface area contributed by atoms with E-state index in [0.717, 1.165) is 12.5 Å². The van der Waals surface area contributed by atoms with Gasteiger partial charge in [0.25, 0.3) is 0 Å². The number of carbonyl (C=O) groups is 1. The maximum atomic E-state index is 12.3. The zero-order chi connectivity index (χ0) is 19.3. The first kappa shape index (κ1) is 19.2. The SMILES string of the molecule is N#Cc1ccnc(NC[C@@H]2CN(CC3CCN(CC4CC4)CC3)C(=O)CO2)c1. The molecule has 1 aromatic rings. The van der Waals surface area contributed by atoms with Crippen LogP contribution in [0.1, 0.15) is 31.2 Å². The molecule has 1 N–H and O–H groups in total. The average Bonchev–Trinajstić information content (AvgIpc) is 3.54. The molecule has 0 bridgehead atoms. The van der Waals surface area contributed by atoms with Crippen molar-refractivity contribution in [3.8, 4) is 6.07 Å². The number of amides is 1. The second-order valence-electron chi connectivity index (χ2n) is 8.34. The average molecular weight is 383 g/mol. The van der Waals surface area contributed by atoms with Gasteiger partial charge >= 0.3 is 0 Å². The highest BCUT2D eigenvalue weighted by atomic mass is 16.5. The smallest absolute Gasteiger partial charge is 0.248 e. The number of hydrogen-bond acceptors (Lipinski definition) is 6. The molecule has 1 aliphatic carbocycles. The first-order valence-electron chi connectivity index (χ1n) is 10.4. The lowest BCUT2D eigenvalue weighted by atomic mass is 9.95. The summed E-state index contributed by atoms with van der Waals surface area (Å²) in [6, 6.07) is 5.52. The van der Waals surface area contributed by atoms with Gasteiger partial charge in [0.2, 0.25) is 5.91 Å². The minimum absolute atomic E-state index is 0.0554. The van der Waals surface area contributed by atoms with Crippen molar-refractivity contribution in [1.29, 1.82) is 5.26 Å². The van der Waals surface area contributed by atoms with Gasteiger partial charge in [-0.2, -0.15) is 5.26 Å². The Labute approximate surface area is 166 Å². The molecule has 0 aromatic carbocycles. The lowest BCUT2D eigenvalue weighted by Gasteiger charge is -2.38. The molecule has 1 amide bonds. The predicted octanol–water partition coefficient (Wildman–Crippen LogP) is 1.71. The number of nitriles is 1. The Hall–Kier alpha value is -2.17. The van der Waals surface area contributed by atoms with Crippen LogP contribution in [-0.2, 0) is 9.53 Å². The summed E-state index contributed by atoms with van der Waals surface area (Å²) in [6.45, 7) is 5.81. The fourth-order valence-corrected chi connectivity index (χ4v) is 4.12. The molecule has 1 atom stereocenters. The third-order valence-electron chi connectivity index (χ3n) is 6.02. The van der Waals surface area contributed by atoms with Gasteiger partial charge in [-0.05, 0) is 62.7 Å². The van der Waals surface area contributed by atoms with E-state index in [0.29, 0.717) is 30.4 Å². The van der Waals surface area contributed by atoms with E-state index in [1.54, 1.807) is 18.3 Å². The van der Waals surface area contributed by atoms with Crippen LogP contribution >= 0.6 is 0 Å². The Bertz CT molecular complexity index is 722. The predicted molar refractivity (Wildman–Crippen MR) is 106 cm³/mol. The summed E-state index contributed by atoms with van der Waals surface area (Å²) < 4.78 is 5.70. The zero-order valence-electron chi connectivity index (χ0n) is 16.3. The molecule has 4 rings (SSSR count). The Kier molecular flexibility index (Phi) is 6.08. The van der Waals surface area contributed by atoms with Gasteiger partial charge in [-0.3, -0.25) is 4.79 Å². The summed E-state index contributed by atoms with van der Waals surface area (Å²) >= 11 is 0. The fourth-order valence-electron chi connectivity index (χ4n) is 4.12. The third-order valence-corrected chi connectivity index (χ3v) is 6.02. The number of anilines is 1. The van der Waals surface area contributed by atoms with Gasteiger partial charge in [0, 0.05) is 32.4 Å². The van der Waals surface area contributed by atoms with Gasteiger partial charge in [-0.15, -0.1) is 0 Å². The van der Waals surface area contributed by atoms with Gasteiger partial charge in [0.1, 0.15) is 12.4 Å². The maximum absolute atomic E-state index is 12.3. The van der Waals surface area contributed by atoms with Crippen LogP contribution in [-0.4, -0.2) is 72.7 Å². The number of nitrogens with one attached hydrogen (secondary N) is 1.